The second-order valence-electron chi connectivity index (χ2n) is 3.46. The first-order valence-corrected chi connectivity index (χ1v) is 6.42. The summed E-state index contributed by atoms with van der Waals surface area (Å²) >= 11 is 1.86. The molecule has 0 aliphatic heterocycles. The normalized spacial score (nSPS) is 11.0. The Morgan fingerprint density at radius 3 is 3.00 bits per heavy atom. The molecule has 1 aromatic carbocycles. The number of thioether (sulfide) groups is 1. The van der Waals surface area contributed by atoms with E-state index in [0.717, 1.165) is 29.8 Å². The van der Waals surface area contributed by atoms with Crippen LogP contribution in [0.3, 0.4) is 0 Å². The number of para-hydroxylation sites is 2. The molecule has 0 fully saturated rings. The summed E-state index contributed by atoms with van der Waals surface area (Å²) < 4.78 is 2.09. The molecule has 0 spiro atoms. The van der Waals surface area contributed by atoms with Gasteiger partial charge >= 0.3 is 0 Å². The average molecular weight is 221 g/mol. The molecule has 1 aromatic heterocycles. The number of rotatable bonds is 4. The van der Waals surface area contributed by atoms with E-state index in [0.29, 0.717) is 5.95 Å². The summed E-state index contributed by atoms with van der Waals surface area (Å²) in [6, 6.07) is 8.07. The highest BCUT2D eigenvalue weighted by Crippen LogP contribution is 2.17. The molecule has 0 aliphatic rings. The summed E-state index contributed by atoms with van der Waals surface area (Å²) in [5.41, 5.74) is 8.00. The fourth-order valence-corrected chi connectivity index (χ4v) is 2.11. The van der Waals surface area contributed by atoms with Gasteiger partial charge in [-0.3, -0.25) is 0 Å². The van der Waals surface area contributed by atoms with Crippen LogP contribution >= 0.6 is 11.8 Å². The van der Waals surface area contributed by atoms with Gasteiger partial charge in [0.05, 0.1) is 11.0 Å². The molecule has 4 heteroatoms. The Morgan fingerprint density at radius 1 is 1.40 bits per heavy atom. The quantitative estimate of drug-likeness (QED) is 0.806. The molecule has 0 bridgehead atoms. The first-order valence-electron chi connectivity index (χ1n) is 5.02. The Bertz CT molecular complexity index is 450. The number of hydrogen-bond acceptors (Lipinski definition) is 3. The van der Waals surface area contributed by atoms with E-state index in [2.05, 4.69) is 21.9 Å². The maximum atomic E-state index is 5.88. The van der Waals surface area contributed by atoms with E-state index >= 15 is 0 Å². The van der Waals surface area contributed by atoms with Crippen LogP contribution in [0, 0.1) is 0 Å². The molecular weight excluding hydrogens is 206 g/mol. The van der Waals surface area contributed by atoms with Crippen molar-refractivity contribution >= 4 is 28.7 Å². The number of anilines is 1. The second-order valence-corrected chi connectivity index (χ2v) is 4.44. The standard InChI is InChI=1S/C11H15N3S/c1-15-8-4-7-14-10-6-3-2-5-9(10)13-11(14)12/h2-3,5-6H,4,7-8H2,1H3,(H2,12,13). The van der Waals surface area contributed by atoms with Crippen LogP contribution in [0.5, 0.6) is 0 Å². The first kappa shape index (κ1) is 10.4. The van der Waals surface area contributed by atoms with E-state index in [-0.39, 0.29) is 0 Å². The van der Waals surface area contributed by atoms with E-state index in [1.165, 1.54) is 0 Å². The van der Waals surface area contributed by atoms with Crippen molar-refractivity contribution in [2.75, 3.05) is 17.7 Å². The summed E-state index contributed by atoms with van der Waals surface area (Å²) in [6.45, 7) is 0.952. The summed E-state index contributed by atoms with van der Waals surface area (Å²) in [7, 11) is 0. The third-order valence-electron chi connectivity index (χ3n) is 2.41. The molecule has 2 rings (SSSR count). The highest BCUT2D eigenvalue weighted by atomic mass is 32.2. The van der Waals surface area contributed by atoms with Crippen LogP contribution in [-0.4, -0.2) is 21.6 Å². The van der Waals surface area contributed by atoms with Crippen molar-refractivity contribution in [1.29, 1.82) is 0 Å². The number of nitrogens with zero attached hydrogens (tertiary/aromatic N) is 2. The number of hydrogen-bond donors (Lipinski definition) is 1. The van der Waals surface area contributed by atoms with Crippen LogP contribution in [0.4, 0.5) is 5.95 Å². The molecule has 1 heterocycles. The van der Waals surface area contributed by atoms with Gasteiger partial charge in [-0.05, 0) is 30.6 Å². The van der Waals surface area contributed by atoms with Crippen LogP contribution in [0.2, 0.25) is 0 Å². The summed E-state index contributed by atoms with van der Waals surface area (Å²) in [5, 5.41) is 0. The molecule has 2 N–H and O–H groups in total. The molecule has 0 aliphatic carbocycles. The summed E-state index contributed by atoms with van der Waals surface area (Å²) in [6.07, 6.45) is 3.25. The van der Waals surface area contributed by atoms with Crippen molar-refractivity contribution < 1.29 is 0 Å². The molecule has 0 saturated heterocycles. The third kappa shape index (κ3) is 2.09. The molecule has 0 radical (unpaired) electrons. The topological polar surface area (TPSA) is 43.8 Å². The number of benzene rings is 1. The van der Waals surface area contributed by atoms with Crippen molar-refractivity contribution in [2.45, 2.75) is 13.0 Å². The Balaban J connectivity index is 2.28. The van der Waals surface area contributed by atoms with E-state index in [4.69, 9.17) is 5.73 Å². The smallest absolute Gasteiger partial charge is 0.201 e. The van der Waals surface area contributed by atoms with E-state index in [1.54, 1.807) is 0 Å². The molecule has 0 atom stereocenters. The molecule has 0 unspecified atom stereocenters. The van der Waals surface area contributed by atoms with Gasteiger partial charge in [0.25, 0.3) is 0 Å². The largest absolute Gasteiger partial charge is 0.369 e. The maximum Gasteiger partial charge on any atom is 0.201 e. The molecule has 3 nitrogen and oxygen atoms in total. The lowest BCUT2D eigenvalue weighted by Crippen LogP contribution is -2.03. The van der Waals surface area contributed by atoms with E-state index in [1.807, 2.05) is 30.0 Å². The molecular formula is C11H15N3S. The minimum atomic E-state index is 0.623. The fraction of sp³-hybridized carbons (Fsp3) is 0.364. The first-order chi connectivity index (χ1) is 7.33. The van der Waals surface area contributed by atoms with Gasteiger partial charge in [0.15, 0.2) is 0 Å². The number of nitrogens with two attached hydrogens (primary N) is 1. The minimum Gasteiger partial charge on any atom is -0.369 e. The lowest BCUT2D eigenvalue weighted by molar-refractivity contribution is 0.712. The number of aromatic nitrogens is 2. The van der Waals surface area contributed by atoms with Crippen molar-refractivity contribution in [1.82, 2.24) is 9.55 Å². The minimum absolute atomic E-state index is 0.623. The molecule has 0 amide bonds. The Kier molecular flexibility index (Phi) is 3.16. The van der Waals surface area contributed by atoms with Gasteiger partial charge in [-0.15, -0.1) is 0 Å². The Hall–Kier alpha value is -1.16. The predicted octanol–water partition coefficient (Wildman–Crippen LogP) is 2.37. The maximum absolute atomic E-state index is 5.88. The van der Waals surface area contributed by atoms with Gasteiger partial charge in [-0.2, -0.15) is 11.8 Å². The van der Waals surface area contributed by atoms with Gasteiger partial charge < -0.3 is 10.3 Å². The highest BCUT2D eigenvalue weighted by Gasteiger charge is 2.05. The van der Waals surface area contributed by atoms with Crippen LogP contribution in [-0.2, 0) is 6.54 Å². The van der Waals surface area contributed by atoms with Crippen LogP contribution in [0.25, 0.3) is 11.0 Å². The molecule has 0 saturated carbocycles. The predicted molar refractivity (Wildman–Crippen MR) is 67.1 cm³/mol. The van der Waals surface area contributed by atoms with Crippen LogP contribution < -0.4 is 5.73 Å². The zero-order valence-corrected chi connectivity index (χ0v) is 9.63. The Morgan fingerprint density at radius 2 is 2.20 bits per heavy atom. The van der Waals surface area contributed by atoms with E-state index < -0.39 is 0 Å². The molecule has 2 aromatic rings. The highest BCUT2D eigenvalue weighted by molar-refractivity contribution is 7.98. The van der Waals surface area contributed by atoms with Gasteiger partial charge in [0.1, 0.15) is 0 Å². The lowest BCUT2D eigenvalue weighted by atomic mass is 10.3. The number of nitrogen functional groups attached to an aromatic ring is 1. The summed E-state index contributed by atoms with van der Waals surface area (Å²) in [4.78, 5) is 4.33. The zero-order chi connectivity index (χ0) is 10.7. The number of fused-ring (bicyclic) bond motifs is 1. The van der Waals surface area contributed by atoms with Crippen molar-refractivity contribution in [2.24, 2.45) is 0 Å². The van der Waals surface area contributed by atoms with Crippen molar-refractivity contribution in [3.63, 3.8) is 0 Å². The van der Waals surface area contributed by atoms with Gasteiger partial charge in [-0.25, -0.2) is 4.98 Å². The van der Waals surface area contributed by atoms with E-state index in [9.17, 15) is 0 Å². The fourth-order valence-electron chi connectivity index (χ4n) is 1.70. The SMILES string of the molecule is CSCCCn1c(N)nc2ccccc21. The zero-order valence-electron chi connectivity index (χ0n) is 8.81. The van der Waals surface area contributed by atoms with Crippen molar-refractivity contribution in [3.8, 4) is 0 Å². The van der Waals surface area contributed by atoms with Gasteiger partial charge in [-0.1, -0.05) is 12.1 Å². The number of imidazole rings is 1. The molecule has 80 valence electrons. The van der Waals surface area contributed by atoms with Crippen LogP contribution in [0.15, 0.2) is 24.3 Å². The van der Waals surface area contributed by atoms with Crippen molar-refractivity contribution in [3.05, 3.63) is 24.3 Å². The third-order valence-corrected chi connectivity index (χ3v) is 3.11. The van der Waals surface area contributed by atoms with Gasteiger partial charge in [0, 0.05) is 6.54 Å². The second kappa shape index (κ2) is 4.57. The average Bonchev–Trinajstić information content (AvgIpc) is 2.56. The number of aryl methyl sites for hydroxylation is 1. The van der Waals surface area contributed by atoms with Crippen LogP contribution in [0.1, 0.15) is 6.42 Å². The monoisotopic (exact) mass is 221 g/mol. The van der Waals surface area contributed by atoms with Gasteiger partial charge in [0.2, 0.25) is 5.95 Å². The summed E-state index contributed by atoms with van der Waals surface area (Å²) in [5.74, 6) is 1.78. The molecule has 15 heavy (non-hydrogen) atoms. The Labute approximate surface area is 93.7 Å². The lowest BCUT2D eigenvalue weighted by Gasteiger charge is -2.04.